The Kier molecular flexibility index (Phi) is 5.37. The highest BCUT2D eigenvalue weighted by atomic mass is 32.1. The summed E-state index contributed by atoms with van der Waals surface area (Å²) in [5, 5.41) is 5.04. The first-order valence-corrected chi connectivity index (χ1v) is 8.88. The van der Waals surface area contributed by atoms with Gasteiger partial charge in [0.2, 0.25) is 5.91 Å². The molecule has 0 bridgehead atoms. The quantitative estimate of drug-likeness (QED) is 0.869. The molecule has 1 atom stereocenters. The zero-order valence-corrected chi connectivity index (χ0v) is 14.8. The van der Waals surface area contributed by atoms with Crippen LogP contribution in [0.5, 0.6) is 11.5 Å². The van der Waals surface area contributed by atoms with E-state index in [9.17, 15) is 4.79 Å². The van der Waals surface area contributed by atoms with Crippen molar-refractivity contribution in [3.8, 4) is 11.5 Å². The zero-order chi connectivity index (χ0) is 16.9. The van der Waals surface area contributed by atoms with Crippen LogP contribution in [0.2, 0.25) is 0 Å². The predicted octanol–water partition coefficient (Wildman–Crippen LogP) is 3.54. The van der Waals surface area contributed by atoms with Gasteiger partial charge in [0, 0.05) is 22.7 Å². The highest BCUT2D eigenvalue weighted by molar-refractivity contribution is 7.10. The topological polar surface area (TPSA) is 50.8 Å². The Labute approximate surface area is 146 Å². The Hall–Kier alpha value is -2.05. The van der Waals surface area contributed by atoms with Gasteiger partial charge in [0.15, 0.2) is 11.5 Å². The van der Waals surface area contributed by atoms with Crippen molar-refractivity contribution in [3.63, 3.8) is 0 Å². The Balaban J connectivity index is 1.63. The van der Waals surface area contributed by atoms with E-state index in [2.05, 4.69) is 27.7 Å². The molecule has 1 aromatic heterocycles. The van der Waals surface area contributed by atoms with E-state index in [0.717, 1.165) is 19.4 Å². The van der Waals surface area contributed by atoms with Gasteiger partial charge in [-0.1, -0.05) is 6.07 Å². The number of thiophene rings is 1. The fraction of sp³-hybridized carbons (Fsp3) is 0.389. The van der Waals surface area contributed by atoms with Gasteiger partial charge in [0.25, 0.3) is 0 Å². The summed E-state index contributed by atoms with van der Waals surface area (Å²) in [6.07, 6.45) is 2.25. The highest BCUT2D eigenvalue weighted by Crippen LogP contribution is 2.34. The van der Waals surface area contributed by atoms with E-state index in [1.165, 1.54) is 4.88 Å². The van der Waals surface area contributed by atoms with Crippen molar-refractivity contribution in [2.75, 3.05) is 32.6 Å². The molecule has 1 fully saturated rings. The van der Waals surface area contributed by atoms with E-state index in [4.69, 9.17) is 9.47 Å². The molecule has 6 heteroatoms. The second kappa shape index (κ2) is 7.68. The van der Waals surface area contributed by atoms with Crippen molar-refractivity contribution in [1.29, 1.82) is 0 Å². The summed E-state index contributed by atoms with van der Waals surface area (Å²) in [5.41, 5.74) is 0.713. The molecule has 1 N–H and O–H groups in total. The van der Waals surface area contributed by atoms with E-state index in [1.54, 1.807) is 37.7 Å². The normalized spacial score (nSPS) is 17.7. The Morgan fingerprint density at radius 2 is 2.12 bits per heavy atom. The lowest BCUT2D eigenvalue weighted by molar-refractivity contribution is -0.117. The lowest BCUT2D eigenvalue weighted by Gasteiger charge is -2.23. The van der Waals surface area contributed by atoms with Crippen molar-refractivity contribution in [2.24, 2.45) is 0 Å². The monoisotopic (exact) mass is 346 g/mol. The maximum atomic E-state index is 12.4. The maximum absolute atomic E-state index is 12.4. The van der Waals surface area contributed by atoms with Crippen LogP contribution in [0.15, 0.2) is 35.7 Å². The van der Waals surface area contributed by atoms with E-state index < -0.39 is 0 Å². The molecule has 0 unspecified atom stereocenters. The molecule has 1 aliphatic heterocycles. The number of amides is 1. The lowest BCUT2D eigenvalue weighted by Crippen LogP contribution is -2.32. The molecule has 1 amide bonds. The van der Waals surface area contributed by atoms with Gasteiger partial charge in [0.05, 0.1) is 20.8 Å². The van der Waals surface area contributed by atoms with Crippen LogP contribution in [0.1, 0.15) is 23.8 Å². The molecule has 0 radical (unpaired) electrons. The van der Waals surface area contributed by atoms with Gasteiger partial charge in [-0.05, 0) is 43.0 Å². The van der Waals surface area contributed by atoms with Crippen LogP contribution in [0.3, 0.4) is 0 Å². The fourth-order valence-corrected chi connectivity index (χ4v) is 4.01. The summed E-state index contributed by atoms with van der Waals surface area (Å²) in [4.78, 5) is 16.0. The molecule has 128 valence electrons. The van der Waals surface area contributed by atoms with E-state index in [-0.39, 0.29) is 5.91 Å². The molecule has 0 spiro atoms. The summed E-state index contributed by atoms with van der Waals surface area (Å²) in [6.45, 7) is 1.36. The zero-order valence-electron chi connectivity index (χ0n) is 14.0. The second-order valence-electron chi connectivity index (χ2n) is 5.76. The van der Waals surface area contributed by atoms with Crippen LogP contribution in [-0.4, -0.2) is 38.1 Å². The van der Waals surface area contributed by atoms with Gasteiger partial charge >= 0.3 is 0 Å². The predicted molar refractivity (Wildman–Crippen MR) is 96.0 cm³/mol. The smallest absolute Gasteiger partial charge is 0.238 e. The number of carbonyl (C=O) groups excluding carboxylic acids is 1. The molecule has 2 heterocycles. The largest absolute Gasteiger partial charge is 0.493 e. The molecule has 24 heavy (non-hydrogen) atoms. The Bertz CT molecular complexity index is 688. The summed E-state index contributed by atoms with van der Waals surface area (Å²) < 4.78 is 10.5. The van der Waals surface area contributed by atoms with E-state index in [0.29, 0.717) is 29.8 Å². The number of methoxy groups -OCH3 is 2. The molecule has 2 aromatic rings. The van der Waals surface area contributed by atoms with Gasteiger partial charge in [-0.25, -0.2) is 0 Å². The van der Waals surface area contributed by atoms with Gasteiger partial charge in [-0.15, -0.1) is 11.3 Å². The number of carbonyl (C=O) groups is 1. The van der Waals surface area contributed by atoms with E-state index >= 15 is 0 Å². The minimum atomic E-state index is -0.00863. The molecule has 0 saturated carbocycles. The number of ether oxygens (including phenoxy) is 2. The number of hydrogen-bond acceptors (Lipinski definition) is 5. The molecule has 0 aliphatic carbocycles. The van der Waals surface area contributed by atoms with Crippen molar-refractivity contribution in [1.82, 2.24) is 4.90 Å². The van der Waals surface area contributed by atoms with Crippen molar-refractivity contribution in [3.05, 3.63) is 40.6 Å². The standard InChI is InChI=1S/C18H22N2O3S/c1-22-15-8-7-13(11-16(15)23-2)19-18(21)12-20-9-3-5-14(20)17-6-4-10-24-17/h4,6-8,10-11,14H,3,5,9,12H2,1-2H3,(H,19,21)/t14-/m1/s1. The van der Waals surface area contributed by atoms with Crippen molar-refractivity contribution in [2.45, 2.75) is 18.9 Å². The molecule has 1 saturated heterocycles. The number of nitrogens with one attached hydrogen (secondary N) is 1. The first-order valence-electron chi connectivity index (χ1n) is 8.00. The molecule has 3 rings (SSSR count). The highest BCUT2D eigenvalue weighted by Gasteiger charge is 2.28. The number of rotatable bonds is 6. The summed E-state index contributed by atoms with van der Waals surface area (Å²) >= 11 is 1.76. The SMILES string of the molecule is COc1ccc(NC(=O)CN2CCC[C@@H]2c2cccs2)cc1OC. The van der Waals surface area contributed by atoms with Crippen molar-refractivity contribution < 1.29 is 14.3 Å². The molecule has 1 aliphatic rings. The number of benzene rings is 1. The summed E-state index contributed by atoms with van der Waals surface area (Å²) in [6, 6.07) is 9.97. The molecule has 1 aromatic carbocycles. The van der Waals surface area contributed by atoms with Gasteiger partial charge < -0.3 is 14.8 Å². The van der Waals surface area contributed by atoms with Crippen LogP contribution < -0.4 is 14.8 Å². The summed E-state index contributed by atoms with van der Waals surface area (Å²) in [7, 11) is 3.17. The third-order valence-electron chi connectivity index (χ3n) is 4.25. The van der Waals surface area contributed by atoms with Crippen molar-refractivity contribution >= 4 is 22.9 Å². The minimum Gasteiger partial charge on any atom is -0.493 e. The summed E-state index contributed by atoms with van der Waals surface area (Å²) in [5.74, 6) is 1.24. The lowest BCUT2D eigenvalue weighted by atomic mass is 10.2. The average molecular weight is 346 g/mol. The first kappa shape index (κ1) is 16.8. The third kappa shape index (κ3) is 3.71. The van der Waals surface area contributed by atoms with Gasteiger partial charge in [-0.2, -0.15) is 0 Å². The van der Waals surface area contributed by atoms with Gasteiger partial charge in [-0.3, -0.25) is 9.69 Å². The second-order valence-corrected chi connectivity index (χ2v) is 6.74. The first-order chi connectivity index (χ1) is 11.7. The molecular weight excluding hydrogens is 324 g/mol. The Morgan fingerprint density at radius 1 is 1.29 bits per heavy atom. The Morgan fingerprint density at radius 3 is 2.83 bits per heavy atom. The number of nitrogens with zero attached hydrogens (tertiary/aromatic N) is 1. The van der Waals surface area contributed by atoms with Crippen LogP contribution in [0.4, 0.5) is 5.69 Å². The van der Waals surface area contributed by atoms with Crippen LogP contribution in [0.25, 0.3) is 0 Å². The minimum absolute atomic E-state index is 0.00863. The average Bonchev–Trinajstić information content (AvgIpc) is 3.25. The van der Waals surface area contributed by atoms with Gasteiger partial charge in [0.1, 0.15) is 0 Å². The van der Waals surface area contributed by atoms with E-state index in [1.807, 2.05) is 6.07 Å². The maximum Gasteiger partial charge on any atom is 0.238 e. The number of anilines is 1. The van der Waals surface area contributed by atoms with Crippen LogP contribution in [0, 0.1) is 0 Å². The van der Waals surface area contributed by atoms with Crippen LogP contribution in [-0.2, 0) is 4.79 Å². The molecule has 5 nitrogen and oxygen atoms in total. The fourth-order valence-electron chi connectivity index (χ4n) is 3.12. The number of hydrogen-bond donors (Lipinski definition) is 1. The number of likely N-dealkylation sites (tertiary alicyclic amines) is 1. The molecular formula is C18H22N2O3S. The van der Waals surface area contributed by atoms with Crippen LogP contribution >= 0.6 is 11.3 Å². The third-order valence-corrected chi connectivity index (χ3v) is 5.22.